The van der Waals surface area contributed by atoms with E-state index in [-0.39, 0.29) is 0 Å². The number of hydrogen-bond donors (Lipinski definition) is 2. The molecule has 0 spiro atoms. The molecule has 3 N–H and O–H groups in total. The van der Waals surface area contributed by atoms with Gasteiger partial charge in [-0.05, 0) is 5.56 Å². The topological polar surface area (TPSA) is 72.6 Å². The molecule has 64 valence electrons. The van der Waals surface area contributed by atoms with Crippen LogP contribution in [0.4, 0.5) is 0 Å². The number of hydrogen-bond acceptors (Lipinski definition) is 4. The van der Waals surface area contributed by atoms with E-state index in [0.717, 1.165) is 0 Å². The minimum atomic E-state index is -0.920. The first-order valence-electron chi connectivity index (χ1n) is 3.41. The second-order valence-electron chi connectivity index (χ2n) is 2.30. The molecule has 4 heteroatoms. The zero-order valence-electron chi connectivity index (χ0n) is 6.31. The summed E-state index contributed by atoms with van der Waals surface area (Å²) >= 11 is 0. The van der Waals surface area contributed by atoms with Crippen LogP contribution in [-0.4, -0.2) is 11.2 Å². The van der Waals surface area contributed by atoms with E-state index in [1.165, 1.54) is 0 Å². The average molecular weight is 167 g/mol. The summed E-state index contributed by atoms with van der Waals surface area (Å²) in [6.07, 6.45) is 0. The zero-order chi connectivity index (χ0) is 8.97. The van der Waals surface area contributed by atoms with Gasteiger partial charge in [0, 0.05) is 0 Å². The van der Waals surface area contributed by atoms with Crippen LogP contribution in [-0.2, 0) is 9.68 Å². The highest BCUT2D eigenvalue weighted by Gasteiger charge is 2.16. The molecule has 0 saturated carbocycles. The van der Waals surface area contributed by atoms with E-state index in [1.54, 1.807) is 30.3 Å². The summed E-state index contributed by atoms with van der Waals surface area (Å²) in [7, 11) is 0. The molecular weight excluding hydrogens is 158 g/mol. The third-order valence-corrected chi connectivity index (χ3v) is 1.50. The minimum Gasteiger partial charge on any atom is -0.315 e. The molecule has 0 aromatic heterocycles. The maximum Gasteiger partial charge on any atom is 0.363 e. The Labute approximate surface area is 69.5 Å². The minimum absolute atomic E-state index is 0.608. The number of nitrogens with two attached hydrogens (primary N) is 1. The van der Waals surface area contributed by atoms with Crippen molar-refractivity contribution in [2.24, 2.45) is 5.73 Å². The fourth-order valence-electron chi connectivity index (χ4n) is 0.853. The Balaban J connectivity index is 2.78. The van der Waals surface area contributed by atoms with Gasteiger partial charge in [-0.1, -0.05) is 30.3 Å². The van der Waals surface area contributed by atoms with Gasteiger partial charge in [0.1, 0.15) is 6.04 Å². The van der Waals surface area contributed by atoms with Crippen LogP contribution in [0.25, 0.3) is 0 Å². The summed E-state index contributed by atoms with van der Waals surface area (Å²) in [6, 6.07) is 7.75. The maximum atomic E-state index is 10.7. The lowest BCUT2D eigenvalue weighted by atomic mass is 10.1. The largest absolute Gasteiger partial charge is 0.363 e. The van der Waals surface area contributed by atoms with Gasteiger partial charge < -0.3 is 5.73 Å². The van der Waals surface area contributed by atoms with E-state index in [4.69, 9.17) is 11.0 Å². The van der Waals surface area contributed by atoms with Crippen molar-refractivity contribution in [3.05, 3.63) is 35.9 Å². The van der Waals surface area contributed by atoms with Gasteiger partial charge in [0.2, 0.25) is 0 Å². The maximum absolute atomic E-state index is 10.7. The molecule has 1 rings (SSSR count). The van der Waals surface area contributed by atoms with Crippen LogP contribution in [0.5, 0.6) is 0 Å². The summed E-state index contributed by atoms with van der Waals surface area (Å²) in [5.74, 6) is -0.860. The molecule has 0 amide bonds. The molecule has 12 heavy (non-hydrogen) atoms. The van der Waals surface area contributed by atoms with E-state index in [9.17, 15) is 4.79 Å². The zero-order valence-corrected chi connectivity index (χ0v) is 6.31. The molecule has 0 unspecified atom stereocenters. The molecule has 0 aliphatic heterocycles. The first-order chi connectivity index (χ1) is 5.75. The van der Waals surface area contributed by atoms with E-state index >= 15 is 0 Å². The van der Waals surface area contributed by atoms with Crippen LogP contribution in [0.15, 0.2) is 30.3 Å². The molecule has 1 aromatic carbocycles. The van der Waals surface area contributed by atoms with Crippen LogP contribution < -0.4 is 5.73 Å². The van der Waals surface area contributed by atoms with E-state index in [2.05, 4.69) is 4.89 Å². The Bertz CT molecular complexity index is 260. The van der Waals surface area contributed by atoms with Gasteiger partial charge in [-0.3, -0.25) is 4.89 Å². The predicted molar refractivity (Wildman–Crippen MR) is 42.1 cm³/mol. The van der Waals surface area contributed by atoms with Crippen molar-refractivity contribution < 1.29 is 14.9 Å². The highest BCUT2D eigenvalue weighted by molar-refractivity contribution is 5.76. The third kappa shape index (κ3) is 1.81. The molecule has 0 fully saturated rings. The van der Waals surface area contributed by atoms with Crippen molar-refractivity contribution in [3.63, 3.8) is 0 Å². The Hall–Kier alpha value is -1.39. The smallest absolute Gasteiger partial charge is 0.315 e. The number of carbonyl (C=O) groups is 1. The first-order valence-corrected chi connectivity index (χ1v) is 3.41. The fraction of sp³-hybridized carbons (Fsp3) is 0.125. The Morgan fingerprint density at radius 3 is 2.50 bits per heavy atom. The highest BCUT2D eigenvalue weighted by atomic mass is 17.1. The van der Waals surface area contributed by atoms with Gasteiger partial charge in [-0.25, -0.2) is 4.79 Å². The normalized spacial score (nSPS) is 12.2. The van der Waals surface area contributed by atoms with Crippen LogP contribution in [0, 0.1) is 0 Å². The molecular formula is C8H9NO3. The fourth-order valence-corrected chi connectivity index (χ4v) is 0.853. The molecule has 0 aliphatic carbocycles. The van der Waals surface area contributed by atoms with Crippen LogP contribution in [0.3, 0.4) is 0 Å². The average Bonchev–Trinajstić information content (AvgIpc) is 2.17. The molecule has 0 aliphatic rings. The summed E-state index contributed by atoms with van der Waals surface area (Å²) in [5.41, 5.74) is 6.02. The highest BCUT2D eigenvalue weighted by Crippen LogP contribution is 2.09. The SMILES string of the molecule is N[C@H](C(=O)OO)c1ccccc1. The quantitative estimate of drug-likeness (QED) is 0.502. The standard InChI is InChI=1S/C8H9NO3/c9-7(8(10)12-11)6-4-2-1-3-5-6/h1-5,7,11H,9H2/t7-/m0/s1. The Morgan fingerprint density at radius 1 is 1.42 bits per heavy atom. The monoisotopic (exact) mass is 167 g/mol. The van der Waals surface area contributed by atoms with Crippen molar-refractivity contribution in [2.75, 3.05) is 0 Å². The third-order valence-electron chi connectivity index (χ3n) is 1.50. The van der Waals surface area contributed by atoms with Crippen LogP contribution in [0.2, 0.25) is 0 Å². The predicted octanol–water partition coefficient (Wildman–Crippen LogP) is 0.703. The second-order valence-corrected chi connectivity index (χ2v) is 2.30. The van der Waals surface area contributed by atoms with E-state index in [0.29, 0.717) is 5.56 Å². The van der Waals surface area contributed by atoms with Gasteiger partial charge in [0.25, 0.3) is 0 Å². The van der Waals surface area contributed by atoms with Crippen molar-refractivity contribution >= 4 is 5.97 Å². The molecule has 0 heterocycles. The van der Waals surface area contributed by atoms with Gasteiger partial charge in [0.05, 0.1) is 0 Å². The molecule has 4 nitrogen and oxygen atoms in total. The van der Waals surface area contributed by atoms with Crippen molar-refractivity contribution in [1.29, 1.82) is 0 Å². The number of benzene rings is 1. The van der Waals surface area contributed by atoms with Crippen molar-refractivity contribution in [2.45, 2.75) is 6.04 Å². The summed E-state index contributed by atoms with van der Waals surface area (Å²) in [4.78, 5) is 14.2. The molecule has 0 radical (unpaired) electrons. The molecule has 0 bridgehead atoms. The lowest BCUT2D eigenvalue weighted by Crippen LogP contribution is -2.22. The van der Waals surface area contributed by atoms with Gasteiger partial charge in [0.15, 0.2) is 0 Å². The van der Waals surface area contributed by atoms with Gasteiger partial charge in [-0.15, -0.1) is 0 Å². The van der Waals surface area contributed by atoms with Gasteiger partial charge >= 0.3 is 5.97 Å². The lowest BCUT2D eigenvalue weighted by molar-refractivity contribution is -0.236. The number of carbonyl (C=O) groups excluding carboxylic acids is 1. The Kier molecular flexibility index (Phi) is 2.79. The summed E-state index contributed by atoms with van der Waals surface area (Å²) in [6.45, 7) is 0. The summed E-state index contributed by atoms with van der Waals surface area (Å²) in [5, 5.41) is 8.04. The number of rotatable bonds is 2. The summed E-state index contributed by atoms with van der Waals surface area (Å²) < 4.78 is 0. The van der Waals surface area contributed by atoms with Crippen LogP contribution >= 0.6 is 0 Å². The van der Waals surface area contributed by atoms with E-state index < -0.39 is 12.0 Å². The van der Waals surface area contributed by atoms with Crippen molar-refractivity contribution in [3.8, 4) is 0 Å². The molecule has 1 aromatic rings. The Morgan fingerprint density at radius 2 is 2.00 bits per heavy atom. The van der Waals surface area contributed by atoms with Crippen molar-refractivity contribution in [1.82, 2.24) is 0 Å². The molecule has 1 atom stereocenters. The van der Waals surface area contributed by atoms with E-state index in [1.807, 2.05) is 0 Å². The first kappa shape index (κ1) is 8.70. The lowest BCUT2D eigenvalue weighted by Gasteiger charge is -2.06. The molecule has 0 saturated heterocycles. The van der Waals surface area contributed by atoms with Gasteiger partial charge in [-0.2, -0.15) is 5.26 Å². The second kappa shape index (κ2) is 3.85. The van der Waals surface area contributed by atoms with Crippen LogP contribution in [0.1, 0.15) is 11.6 Å².